The average molecular weight is 302 g/mol. The predicted octanol–water partition coefficient (Wildman–Crippen LogP) is 1.49. The number of fused-ring (bicyclic) bond motifs is 1. The lowest BCUT2D eigenvalue weighted by atomic mass is 10.1. The van der Waals surface area contributed by atoms with Gasteiger partial charge < -0.3 is 15.0 Å². The summed E-state index contributed by atoms with van der Waals surface area (Å²) in [5.74, 6) is 1.11. The Balaban J connectivity index is 1.87. The molecule has 0 amide bonds. The summed E-state index contributed by atoms with van der Waals surface area (Å²) in [6.45, 7) is 10.7. The van der Waals surface area contributed by atoms with Gasteiger partial charge in [0, 0.05) is 32.6 Å². The Bertz CT molecular complexity index is 644. The van der Waals surface area contributed by atoms with E-state index in [-0.39, 0.29) is 0 Å². The van der Waals surface area contributed by atoms with Crippen molar-refractivity contribution in [2.75, 3.05) is 39.4 Å². The predicted molar refractivity (Wildman–Crippen MR) is 89.2 cm³/mol. The largest absolute Gasteiger partial charge is 0.379 e. The Hall–Kier alpha value is -1.43. The van der Waals surface area contributed by atoms with Crippen molar-refractivity contribution in [3.8, 4) is 0 Å². The molecule has 5 nitrogen and oxygen atoms in total. The van der Waals surface area contributed by atoms with Gasteiger partial charge in [0.05, 0.1) is 24.2 Å². The number of benzene rings is 1. The number of morpholine rings is 1. The van der Waals surface area contributed by atoms with Gasteiger partial charge >= 0.3 is 0 Å². The molecule has 120 valence electrons. The van der Waals surface area contributed by atoms with Crippen LogP contribution in [0.2, 0.25) is 0 Å². The standard InChI is InChI=1S/C17H26N4O/c1-13-11-15-16(12-14(13)2)21(17(19-15)3-4-18)6-5-20-7-9-22-10-8-20/h11-12H,3-10,18H2,1-2H3. The van der Waals surface area contributed by atoms with Crippen LogP contribution < -0.4 is 5.73 Å². The van der Waals surface area contributed by atoms with Gasteiger partial charge in [-0.25, -0.2) is 4.98 Å². The van der Waals surface area contributed by atoms with Crippen molar-refractivity contribution < 1.29 is 4.74 Å². The van der Waals surface area contributed by atoms with Crippen molar-refractivity contribution in [1.29, 1.82) is 0 Å². The van der Waals surface area contributed by atoms with Gasteiger partial charge in [0.25, 0.3) is 0 Å². The van der Waals surface area contributed by atoms with E-state index in [2.05, 4.69) is 35.4 Å². The van der Waals surface area contributed by atoms with Crippen LogP contribution >= 0.6 is 0 Å². The number of aryl methyl sites for hydroxylation is 2. The summed E-state index contributed by atoms with van der Waals surface area (Å²) in [7, 11) is 0. The molecule has 2 heterocycles. The third-order valence-electron chi connectivity index (χ3n) is 4.55. The van der Waals surface area contributed by atoms with Crippen molar-refractivity contribution in [1.82, 2.24) is 14.5 Å². The summed E-state index contributed by atoms with van der Waals surface area (Å²) in [5.41, 5.74) is 10.7. The van der Waals surface area contributed by atoms with Crippen LogP contribution in [-0.2, 0) is 17.7 Å². The highest BCUT2D eigenvalue weighted by Gasteiger charge is 2.14. The molecule has 1 saturated heterocycles. The number of aromatic nitrogens is 2. The number of rotatable bonds is 5. The Morgan fingerprint density at radius 3 is 2.59 bits per heavy atom. The first-order valence-corrected chi connectivity index (χ1v) is 8.15. The highest BCUT2D eigenvalue weighted by Crippen LogP contribution is 2.21. The first-order valence-electron chi connectivity index (χ1n) is 8.15. The van der Waals surface area contributed by atoms with Crippen molar-refractivity contribution >= 4 is 11.0 Å². The highest BCUT2D eigenvalue weighted by molar-refractivity contribution is 5.78. The first kappa shape index (κ1) is 15.5. The Labute approximate surface area is 132 Å². The van der Waals surface area contributed by atoms with E-state index >= 15 is 0 Å². The van der Waals surface area contributed by atoms with Gasteiger partial charge in [-0.15, -0.1) is 0 Å². The van der Waals surface area contributed by atoms with E-state index in [0.29, 0.717) is 6.54 Å². The first-order chi connectivity index (χ1) is 10.7. The van der Waals surface area contributed by atoms with Crippen LogP contribution in [0.1, 0.15) is 17.0 Å². The monoisotopic (exact) mass is 302 g/mol. The molecule has 0 aliphatic carbocycles. The summed E-state index contributed by atoms with van der Waals surface area (Å²) in [6, 6.07) is 4.45. The number of imidazole rings is 1. The molecule has 0 spiro atoms. The molecular weight excluding hydrogens is 276 g/mol. The highest BCUT2D eigenvalue weighted by atomic mass is 16.5. The molecule has 0 radical (unpaired) electrons. The summed E-state index contributed by atoms with van der Waals surface area (Å²) in [6.07, 6.45) is 0.829. The lowest BCUT2D eigenvalue weighted by Gasteiger charge is -2.27. The molecule has 0 unspecified atom stereocenters. The van der Waals surface area contributed by atoms with E-state index in [4.69, 9.17) is 15.5 Å². The third kappa shape index (κ3) is 3.16. The van der Waals surface area contributed by atoms with Crippen molar-refractivity contribution in [3.63, 3.8) is 0 Å². The van der Waals surface area contributed by atoms with Crippen molar-refractivity contribution in [3.05, 3.63) is 29.1 Å². The van der Waals surface area contributed by atoms with Crippen LogP contribution in [0.15, 0.2) is 12.1 Å². The van der Waals surface area contributed by atoms with E-state index in [1.807, 2.05) is 0 Å². The zero-order chi connectivity index (χ0) is 15.5. The van der Waals surface area contributed by atoms with Crippen LogP contribution in [0, 0.1) is 13.8 Å². The molecule has 1 fully saturated rings. The fraction of sp³-hybridized carbons (Fsp3) is 0.588. The zero-order valence-electron chi connectivity index (χ0n) is 13.6. The molecule has 1 aliphatic heterocycles. The average Bonchev–Trinajstić information content (AvgIpc) is 2.84. The third-order valence-corrected chi connectivity index (χ3v) is 4.55. The van der Waals surface area contributed by atoms with E-state index in [1.54, 1.807) is 0 Å². The number of ether oxygens (including phenoxy) is 1. The van der Waals surface area contributed by atoms with E-state index in [0.717, 1.165) is 57.2 Å². The molecule has 0 atom stereocenters. The smallest absolute Gasteiger partial charge is 0.111 e. The van der Waals surface area contributed by atoms with E-state index < -0.39 is 0 Å². The zero-order valence-corrected chi connectivity index (χ0v) is 13.6. The Morgan fingerprint density at radius 1 is 1.14 bits per heavy atom. The second-order valence-electron chi connectivity index (χ2n) is 6.10. The maximum Gasteiger partial charge on any atom is 0.111 e. The number of nitrogens with zero attached hydrogens (tertiary/aromatic N) is 3. The second kappa shape index (κ2) is 6.77. The van der Waals surface area contributed by atoms with Gasteiger partial charge in [0.15, 0.2) is 0 Å². The minimum Gasteiger partial charge on any atom is -0.379 e. The number of hydrogen-bond donors (Lipinski definition) is 1. The SMILES string of the molecule is Cc1cc2nc(CCN)n(CCN3CCOCC3)c2cc1C. The topological polar surface area (TPSA) is 56.3 Å². The quantitative estimate of drug-likeness (QED) is 0.909. The van der Waals surface area contributed by atoms with Crippen molar-refractivity contribution in [2.24, 2.45) is 5.73 Å². The van der Waals surface area contributed by atoms with Crippen LogP contribution in [0.25, 0.3) is 11.0 Å². The van der Waals surface area contributed by atoms with Gasteiger partial charge in [-0.05, 0) is 43.7 Å². The second-order valence-corrected chi connectivity index (χ2v) is 6.10. The van der Waals surface area contributed by atoms with Gasteiger partial charge in [-0.3, -0.25) is 4.90 Å². The summed E-state index contributed by atoms with van der Waals surface area (Å²) < 4.78 is 7.77. The molecule has 2 N–H and O–H groups in total. The molecule has 0 bridgehead atoms. The minimum absolute atomic E-state index is 0.638. The maximum absolute atomic E-state index is 5.77. The van der Waals surface area contributed by atoms with Gasteiger partial charge in [-0.1, -0.05) is 0 Å². The normalized spacial score (nSPS) is 16.5. The molecule has 3 rings (SSSR count). The molecule has 22 heavy (non-hydrogen) atoms. The molecule has 1 aliphatic rings. The fourth-order valence-electron chi connectivity index (χ4n) is 3.07. The molecule has 1 aromatic heterocycles. The molecule has 2 aromatic rings. The fourth-order valence-corrected chi connectivity index (χ4v) is 3.07. The Kier molecular flexibility index (Phi) is 4.76. The number of nitrogens with two attached hydrogens (primary N) is 1. The summed E-state index contributed by atoms with van der Waals surface area (Å²) >= 11 is 0. The number of hydrogen-bond acceptors (Lipinski definition) is 4. The van der Waals surface area contributed by atoms with Gasteiger partial charge in [-0.2, -0.15) is 0 Å². The van der Waals surface area contributed by atoms with Gasteiger partial charge in [0.2, 0.25) is 0 Å². The molecule has 0 saturated carbocycles. The lowest BCUT2D eigenvalue weighted by Crippen LogP contribution is -2.38. The van der Waals surface area contributed by atoms with Crippen LogP contribution in [0.3, 0.4) is 0 Å². The molecule has 5 heteroatoms. The molecule has 1 aromatic carbocycles. The lowest BCUT2D eigenvalue weighted by molar-refractivity contribution is 0.0364. The van der Waals surface area contributed by atoms with E-state index in [9.17, 15) is 0 Å². The van der Waals surface area contributed by atoms with E-state index in [1.165, 1.54) is 16.6 Å². The van der Waals surface area contributed by atoms with Gasteiger partial charge in [0.1, 0.15) is 5.82 Å². The maximum atomic E-state index is 5.77. The van der Waals surface area contributed by atoms with Crippen molar-refractivity contribution in [2.45, 2.75) is 26.8 Å². The molecular formula is C17H26N4O. The van der Waals surface area contributed by atoms with Crippen LogP contribution in [-0.4, -0.2) is 53.8 Å². The van der Waals surface area contributed by atoms with Crippen LogP contribution in [0.4, 0.5) is 0 Å². The van der Waals surface area contributed by atoms with Crippen LogP contribution in [0.5, 0.6) is 0 Å². The Morgan fingerprint density at radius 2 is 1.86 bits per heavy atom. The minimum atomic E-state index is 0.638. The summed E-state index contributed by atoms with van der Waals surface area (Å²) in [5, 5.41) is 0. The summed E-state index contributed by atoms with van der Waals surface area (Å²) in [4.78, 5) is 7.27.